The first-order valence-electron chi connectivity index (χ1n) is 10.1. The fourth-order valence-corrected chi connectivity index (χ4v) is 4.26. The molecular weight excluding hydrogens is 328 g/mol. The van der Waals surface area contributed by atoms with Crippen LogP contribution in [-0.2, 0) is 9.47 Å². The normalized spacial score (nSPS) is 20.7. The number of ether oxygens (including phenoxy) is 2. The van der Waals surface area contributed by atoms with E-state index in [1.165, 1.54) is 25.7 Å². The Morgan fingerprint density at radius 3 is 1.35 bits per heavy atom. The highest BCUT2D eigenvalue weighted by Gasteiger charge is 2.26. The van der Waals surface area contributed by atoms with Crippen molar-refractivity contribution in [3.8, 4) is 0 Å². The van der Waals surface area contributed by atoms with E-state index in [1.807, 2.05) is 13.8 Å². The van der Waals surface area contributed by atoms with Gasteiger partial charge in [0.1, 0.15) is 12.2 Å². The minimum atomic E-state index is -0.316. The molecule has 1 aromatic rings. The van der Waals surface area contributed by atoms with Crippen molar-refractivity contribution in [1.29, 1.82) is 0 Å². The van der Waals surface area contributed by atoms with Crippen molar-refractivity contribution in [2.45, 2.75) is 77.4 Å². The molecule has 0 aromatic heterocycles. The quantitative estimate of drug-likeness (QED) is 0.659. The molecule has 2 aliphatic rings. The Bertz CT molecular complexity index is 555. The predicted molar refractivity (Wildman–Crippen MR) is 100 cm³/mol. The summed E-state index contributed by atoms with van der Waals surface area (Å²) in [5.41, 5.74) is 0.963. The van der Waals surface area contributed by atoms with E-state index >= 15 is 0 Å². The van der Waals surface area contributed by atoms with Crippen LogP contribution in [0.1, 0.15) is 85.9 Å². The maximum atomic E-state index is 12.3. The van der Waals surface area contributed by atoms with Crippen LogP contribution in [0.2, 0.25) is 0 Å². The summed E-state index contributed by atoms with van der Waals surface area (Å²) in [7, 11) is 0. The molecule has 1 aromatic carbocycles. The topological polar surface area (TPSA) is 52.6 Å². The lowest BCUT2D eigenvalue weighted by molar-refractivity contribution is 0.0190. The molecule has 142 valence electrons. The van der Waals surface area contributed by atoms with Gasteiger partial charge in [0.25, 0.3) is 0 Å². The molecule has 4 nitrogen and oxygen atoms in total. The summed E-state index contributed by atoms with van der Waals surface area (Å²) in [6, 6.07) is 6.61. The van der Waals surface area contributed by atoms with Gasteiger partial charge in [-0.05, 0) is 75.6 Å². The Morgan fingerprint density at radius 2 is 1.04 bits per heavy atom. The van der Waals surface area contributed by atoms with Crippen LogP contribution in [-0.4, -0.2) is 24.1 Å². The number of carbonyl (C=O) groups excluding carboxylic acids is 2. The van der Waals surface area contributed by atoms with Crippen molar-refractivity contribution in [3.05, 3.63) is 35.4 Å². The molecule has 0 spiro atoms. The molecule has 3 rings (SSSR count). The number of rotatable bonds is 6. The number of hydrogen-bond donors (Lipinski definition) is 0. The van der Waals surface area contributed by atoms with Gasteiger partial charge >= 0.3 is 11.9 Å². The van der Waals surface area contributed by atoms with Crippen LogP contribution in [0.5, 0.6) is 0 Å². The molecule has 0 aliphatic heterocycles. The highest BCUT2D eigenvalue weighted by atomic mass is 16.5. The second-order valence-electron chi connectivity index (χ2n) is 7.89. The maximum absolute atomic E-state index is 12.3. The van der Waals surface area contributed by atoms with Gasteiger partial charge in [-0.1, -0.05) is 25.7 Å². The summed E-state index contributed by atoms with van der Waals surface area (Å²) in [5, 5.41) is 0. The van der Waals surface area contributed by atoms with E-state index in [0.29, 0.717) is 23.0 Å². The minimum absolute atomic E-state index is 0.0538. The second kappa shape index (κ2) is 8.70. The number of carbonyl (C=O) groups is 2. The van der Waals surface area contributed by atoms with E-state index < -0.39 is 0 Å². The van der Waals surface area contributed by atoms with Crippen LogP contribution in [0.15, 0.2) is 24.3 Å². The van der Waals surface area contributed by atoms with Gasteiger partial charge in [0, 0.05) is 0 Å². The first-order valence-corrected chi connectivity index (χ1v) is 10.1. The van der Waals surface area contributed by atoms with Gasteiger partial charge < -0.3 is 9.47 Å². The molecule has 2 unspecified atom stereocenters. The molecule has 0 bridgehead atoms. The SMILES string of the molecule is CC(OC(=O)c1ccc(C(=O)OC(C)C2CCCC2)cc1)C1CCCC1. The number of benzene rings is 1. The average Bonchev–Trinajstić information content (AvgIpc) is 3.35. The summed E-state index contributed by atoms with van der Waals surface area (Å²) in [6.07, 6.45) is 9.34. The van der Waals surface area contributed by atoms with Gasteiger partial charge in [0.2, 0.25) is 0 Å². The maximum Gasteiger partial charge on any atom is 0.338 e. The van der Waals surface area contributed by atoms with Crippen molar-refractivity contribution < 1.29 is 19.1 Å². The van der Waals surface area contributed by atoms with E-state index in [4.69, 9.17) is 9.47 Å². The molecule has 26 heavy (non-hydrogen) atoms. The Balaban J connectivity index is 1.53. The third kappa shape index (κ3) is 4.66. The summed E-state index contributed by atoms with van der Waals surface area (Å²) < 4.78 is 11.2. The smallest absolute Gasteiger partial charge is 0.338 e. The van der Waals surface area contributed by atoms with Gasteiger partial charge in [-0.2, -0.15) is 0 Å². The third-order valence-corrected chi connectivity index (χ3v) is 6.07. The fraction of sp³-hybridized carbons (Fsp3) is 0.636. The Labute approximate surface area is 156 Å². The van der Waals surface area contributed by atoms with Crippen LogP contribution < -0.4 is 0 Å². The molecule has 0 radical (unpaired) electrons. The van der Waals surface area contributed by atoms with Crippen molar-refractivity contribution >= 4 is 11.9 Å². The van der Waals surface area contributed by atoms with E-state index in [9.17, 15) is 9.59 Å². The molecular formula is C22H30O4. The molecule has 2 aliphatic carbocycles. The van der Waals surface area contributed by atoms with Crippen molar-refractivity contribution in [2.24, 2.45) is 11.8 Å². The van der Waals surface area contributed by atoms with Crippen LogP contribution in [0.4, 0.5) is 0 Å². The van der Waals surface area contributed by atoms with Crippen molar-refractivity contribution in [2.75, 3.05) is 0 Å². The lowest BCUT2D eigenvalue weighted by atomic mass is 10.0. The molecule has 0 heterocycles. The summed E-state index contributed by atoms with van der Waals surface area (Å²) in [6.45, 7) is 3.95. The summed E-state index contributed by atoms with van der Waals surface area (Å²) in [5.74, 6) is 0.322. The van der Waals surface area contributed by atoms with Crippen LogP contribution in [0.25, 0.3) is 0 Å². The van der Waals surface area contributed by atoms with Gasteiger partial charge in [0.15, 0.2) is 0 Å². The van der Waals surface area contributed by atoms with E-state index in [0.717, 1.165) is 25.7 Å². The largest absolute Gasteiger partial charge is 0.459 e. The zero-order valence-corrected chi connectivity index (χ0v) is 15.9. The molecule has 0 N–H and O–H groups in total. The van der Waals surface area contributed by atoms with E-state index in [2.05, 4.69) is 0 Å². The number of hydrogen-bond acceptors (Lipinski definition) is 4. The van der Waals surface area contributed by atoms with Gasteiger partial charge in [-0.15, -0.1) is 0 Å². The molecule has 2 atom stereocenters. The highest BCUT2D eigenvalue weighted by molar-refractivity contribution is 5.93. The Kier molecular flexibility index (Phi) is 6.33. The van der Waals surface area contributed by atoms with Gasteiger partial charge in [-0.3, -0.25) is 0 Å². The van der Waals surface area contributed by atoms with E-state index in [1.54, 1.807) is 24.3 Å². The zero-order valence-electron chi connectivity index (χ0n) is 15.9. The number of esters is 2. The van der Waals surface area contributed by atoms with Gasteiger partial charge in [-0.25, -0.2) is 9.59 Å². The molecule has 2 fully saturated rings. The Hall–Kier alpha value is -1.84. The first kappa shape index (κ1) is 18.9. The van der Waals surface area contributed by atoms with Gasteiger partial charge in [0.05, 0.1) is 11.1 Å². The standard InChI is InChI=1S/C22H30O4/c1-15(17-7-3-4-8-17)25-21(23)19-11-13-20(14-12-19)22(24)26-16(2)18-9-5-6-10-18/h11-18H,3-10H2,1-2H3. The zero-order chi connectivity index (χ0) is 18.5. The van der Waals surface area contributed by atoms with Crippen molar-refractivity contribution in [3.63, 3.8) is 0 Å². The van der Waals surface area contributed by atoms with Crippen LogP contribution in [0, 0.1) is 11.8 Å². The molecule has 0 saturated heterocycles. The second-order valence-corrected chi connectivity index (χ2v) is 7.89. The van der Waals surface area contributed by atoms with Crippen molar-refractivity contribution in [1.82, 2.24) is 0 Å². The van der Waals surface area contributed by atoms with E-state index in [-0.39, 0.29) is 24.1 Å². The lowest BCUT2D eigenvalue weighted by Crippen LogP contribution is -2.23. The molecule has 4 heteroatoms. The third-order valence-electron chi connectivity index (χ3n) is 6.07. The summed E-state index contributed by atoms with van der Waals surface area (Å²) in [4.78, 5) is 24.6. The fourth-order valence-electron chi connectivity index (χ4n) is 4.26. The highest BCUT2D eigenvalue weighted by Crippen LogP contribution is 2.30. The predicted octanol–water partition coefficient (Wildman–Crippen LogP) is 5.16. The summed E-state index contributed by atoms with van der Waals surface area (Å²) >= 11 is 0. The molecule has 0 amide bonds. The van der Waals surface area contributed by atoms with Crippen LogP contribution in [0.3, 0.4) is 0 Å². The molecule has 2 saturated carbocycles. The van der Waals surface area contributed by atoms with Crippen LogP contribution >= 0.6 is 0 Å². The lowest BCUT2D eigenvalue weighted by Gasteiger charge is -2.20. The average molecular weight is 358 g/mol. The first-order chi connectivity index (χ1) is 12.5. The Morgan fingerprint density at radius 1 is 0.731 bits per heavy atom. The monoisotopic (exact) mass is 358 g/mol. The minimum Gasteiger partial charge on any atom is -0.459 e.